The lowest BCUT2D eigenvalue weighted by Gasteiger charge is -2.32. The molecule has 0 radical (unpaired) electrons. The van der Waals surface area contributed by atoms with Gasteiger partial charge in [-0.05, 0) is 30.9 Å². The van der Waals surface area contributed by atoms with Crippen LogP contribution in [-0.4, -0.2) is 44.6 Å². The molecule has 1 aliphatic heterocycles. The van der Waals surface area contributed by atoms with Crippen molar-refractivity contribution in [3.05, 3.63) is 47.7 Å². The number of hydrogen-bond acceptors (Lipinski definition) is 5. The Morgan fingerprint density at radius 3 is 2.48 bits per heavy atom. The van der Waals surface area contributed by atoms with E-state index in [2.05, 4.69) is 10.00 Å². The average molecular weight is 384 g/mol. The molecule has 4 rings (SSSR count). The zero-order chi connectivity index (χ0) is 18.8. The molecule has 1 aromatic carbocycles. The Morgan fingerprint density at radius 1 is 1.11 bits per heavy atom. The van der Waals surface area contributed by atoms with E-state index in [9.17, 15) is 5.11 Å². The highest BCUT2D eigenvalue weighted by Crippen LogP contribution is 2.29. The van der Waals surface area contributed by atoms with Crippen LogP contribution in [0.15, 0.2) is 42.7 Å². The Bertz CT molecular complexity index is 916. The first kappa shape index (κ1) is 17.9. The Balaban J connectivity index is 1.73. The number of aryl methyl sites for hydroxylation is 1. The molecule has 0 amide bonds. The maximum atomic E-state index is 9.39. The molecule has 3 aromatic rings. The van der Waals surface area contributed by atoms with Crippen molar-refractivity contribution in [1.82, 2.24) is 19.7 Å². The molecular weight excluding hydrogens is 362 g/mol. The van der Waals surface area contributed by atoms with Gasteiger partial charge in [-0.3, -0.25) is 4.68 Å². The van der Waals surface area contributed by atoms with E-state index in [0.29, 0.717) is 16.8 Å². The Labute approximate surface area is 163 Å². The Kier molecular flexibility index (Phi) is 5.09. The third-order valence-electron chi connectivity index (χ3n) is 5.01. The van der Waals surface area contributed by atoms with Crippen molar-refractivity contribution in [2.45, 2.75) is 12.8 Å². The van der Waals surface area contributed by atoms with Crippen molar-refractivity contribution in [3.8, 4) is 22.6 Å². The molecule has 1 aliphatic rings. The van der Waals surface area contributed by atoms with Crippen molar-refractivity contribution < 1.29 is 5.11 Å². The van der Waals surface area contributed by atoms with E-state index >= 15 is 0 Å². The van der Waals surface area contributed by atoms with E-state index in [1.165, 1.54) is 0 Å². The number of aromatic nitrogens is 4. The van der Waals surface area contributed by atoms with Crippen molar-refractivity contribution >= 4 is 17.4 Å². The molecular formula is C20H22ClN5O. The number of piperidine rings is 1. The van der Waals surface area contributed by atoms with Gasteiger partial charge in [0.15, 0.2) is 5.82 Å². The summed E-state index contributed by atoms with van der Waals surface area (Å²) in [6.45, 7) is 2.03. The molecule has 1 fully saturated rings. The zero-order valence-electron chi connectivity index (χ0n) is 15.2. The minimum Gasteiger partial charge on any atom is -0.396 e. The third-order valence-corrected chi connectivity index (χ3v) is 5.26. The lowest BCUT2D eigenvalue weighted by molar-refractivity contribution is 0.203. The predicted molar refractivity (Wildman–Crippen MR) is 107 cm³/mol. The summed E-state index contributed by atoms with van der Waals surface area (Å²) in [7, 11) is 1.88. The molecule has 2 aromatic heterocycles. The van der Waals surface area contributed by atoms with Gasteiger partial charge in [0.25, 0.3) is 0 Å². The number of benzene rings is 1. The number of aliphatic hydroxyl groups excluding tert-OH is 1. The number of halogens is 1. The van der Waals surface area contributed by atoms with Crippen LogP contribution in [0, 0.1) is 5.92 Å². The van der Waals surface area contributed by atoms with Crippen LogP contribution in [0.3, 0.4) is 0 Å². The maximum Gasteiger partial charge on any atom is 0.165 e. The van der Waals surface area contributed by atoms with Crippen LogP contribution in [0.4, 0.5) is 5.82 Å². The minimum atomic E-state index is 0.259. The van der Waals surface area contributed by atoms with Crippen LogP contribution >= 0.6 is 11.6 Å². The Hall–Kier alpha value is -2.44. The van der Waals surface area contributed by atoms with Gasteiger partial charge in [-0.2, -0.15) is 5.10 Å². The van der Waals surface area contributed by atoms with Crippen LogP contribution in [0.25, 0.3) is 22.6 Å². The third kappa shape index (κ3) is 3.96. The number of hydrogen-bond donors (Lipinski definition) is 1. The number of anilines is 1. The minimum absolute atomic E-state index is 0.259. The molecule has 0 unspecified atom stereocenters. The molecule has 1 saturated heterocycles. The fraction of sp³-hybridized carbons (Fsp3) is 0.350. The zero-order valence-corrected chi connectivity index (χ0v) is 16.0. The highest BCUT2D eigenvalue weighted by Gasteiger charge is 2.21. The summed E-state index contributed by atoms with van der Waals surface area (Å²) >= 11 is 6.04. The Morgan fingerprint density at radius 2 is 1.85 bits per heavy atom. The summed E-state index contributed by atoms with van der Waals surface area (Å²) < 4.78 is 1.75. The number of rotatable bonds is 4. The molecule has 7 heteroatoms. The summed E-state index contributed by atoms with van der Waals surface area (Å²) in [5.74, 6) is 1.96. The molecule has 0 bridgehead atoms. The maximum absolute atomic E-state index is 9.39. The largest absolute Gasteiger partial charge is 0.396 e. The molecule has 1 N–H and O–H groups in total. The topological polar surface area (TPSA) is 67.1 Å². The summed E-state index contributed by atoms with van der Waals surface area (Å²) in [4.78, 5) is 11.8. The normalized spacial score (nSPS) is 15.3. The smallest absolute Gasteiger partial charge is 0.165 e. The second-order valence-electron chi connectivity index (χ2n) is 6.96. The van der Waals surface area contributed by atoms with Crippen molar-refractivity contribution in [2.75, 3.05) is 24.6 Å². The van der Waals surface area contributed by atoms with Crippen LogP contribution in [-0.2, 0) is 7.05 Å². The van der Waals surface area contributed by atoms with Gasteiger partial charge >= 0.3 is 0 Å². The molecule has 0 saturated carbocycles. The van der Waals surface area contributed by atoms with Gasteiger partial charge in [0.05, 0.1) is 17.5 Å². The summed E-state index contributed by atoms with van der Waals surface area (Å²) in [6.07, 6.45) is 5.64. The van der Waals surface area contributed by atoms with E-state index in [0.717, 1.165) is 48.6 Å². The molecule has 0 aliphatic carbocycles. The summed E-state index contributed by atoms with van der Waals surface area (Å²) in [6, 6.07) is 9.71. The summed E-state index contributed by atoms with van der Waals surface area (Å²) in [5, 5.41) is 14.3. The van der Waals surface area contributed by atoms with Gasteiger partial charge in [-0.1, -0.05) is 23.7 Å². The van der Waals surface area contributed by atoms with E-state index in [4.69, 9.17) is 21.6 Å². The summed E-state index contributed by atoms with van der Waals surface area (Å²) in [5.41, 5.74) is 2.75. The first-order valence-electron chi connectivity index (χ1n) is 9.12. The van der Waals surface area contributed by atoms with Crippen LogP contribution in [0.5, 0.6) is 0 Å². The second kappa shape index (κ2) is 7.66. The van der Waals surface area contributed by atoms with Gasteiger partial charge in [0.1, 0.15) is 5.82 Å². The van der Waals surface area contributed by atoms with Gasteiger partial charge < -0.3 is 10.0 Å². The number of nitrogens with zero attached hydrogens (tertiary/aromatic N) is 5. The second-order valence-corrected chi connectivity index (χ2v) is 7.39. The molecule has 6 nitrogen and oxygen atoms in total. The van der Waals surface area contributed by atoms with Crippen LogP contribution in [0.1, 0.15) is 12.8 Å². The van der Waals surface area contributed by atoms with Gasteiger partial charge in [-0.15, -0.1) is 0 Å². The number of aliphatic hydroxyl groups is 1. The monoisotopic (exact) mass is 383 g/mol. The van der Waals surface area contributed by atoms with Crippen LogP contribution < -0.4 is 4.90 Å². The first-order chi connectivity index (χ1) is 13.1. The van der Waals surface area contributed by atoms with Crippen molar-refractivity contribution in [3.63, 3.8) is 0 Å². The fourth-order valence-electron chi connectivity index (χ4n) is 3.38. The molecule has 140 valence electrons. The predicted octanol–water partition coefficient (Wildman–Crippen LogP) is 3.41. The lowest BCUT2D eigenvalue weighted by atomic mass is 9.98. The standard InChI is InChI=1S/C20H22ClN5O/c1-25-12-16(11-22-25)20-23-18(15-2-4-17(21)5-3-15)10-19(24-20)26-8-6-14(13-27)7-9-26/h2-5,10-12,14,27H,6-9,13H2,1H3. The van der Waals surface area contributed by atoms with E-state index in [-0.39, 0.29) is 6.61 Å². The van der Waals surface area contributed by atoms with Crippen molar-refractivity contribution in [1.29, 1.82) is 0 Å². The van der Waals surface area contributed by atoms with Crippen LogP contribution in [0.2, 0.25) is 5.02 Å². The molecule has 0 atom stereocenters. The van der Waals surface area contributed by atoms with E-state index in [1.807, 2.05) is 43.6 Å². The first-order valence-corrected chi connectivity index (χ1v) is 9.50. The van der Waals surface area contributed by atoms with E-state index in [1.54, 1.807) is 10.9 Å². The fourth-order valence-corrected chi connectivity index (χ4v) is 3.50. The molecule has 3 heterocycles. The highest BCUT2D eigenvalue weighted by molar-refractivity contribution is 6.30. The SMILES string of the molecule is Cn1cc(-c2nc(-c3ccc(Cl)cc3)cc(N3CCC(CO)CC3)n2)cn1. The quantitative estimate of drug-likeness (QED) is 0.747. The van der Waals surface area contributed by atoms with Gasteiger partial charge in [0.2, 0.25) is 0 Å². The molecule has 27 heavy (non-hydrogen) atoms. The van der Waals surface area contributed by atoms with Crippen molar-refractivity contribution in [2.24, 2.45) is 13.0 Å². The van der Waals surface area contributed by atoms with Gasteiger partial charge in [-0.25, -0.2) is 9.97 Å². The van der Waals surface area contributed by atoms with E-state index < -0.39 is 0 Å². The highest BCUT2D eigenvalue weighted by atomic mass is 35.5. The lowest BCUT2D eigenvalue weighted by Crippen LogP contribution is -2.35. The average Bonchev–Trinajstić information content (AvgIpc) is 3.15. The molecule has 0 spiro atoms. The van der Waals surface area contributed by atoms with Gasteiger partial charge in [0, 0.05) is 49.6 Å².